The Morgan fingerprint density at radius 3 is 2.33 bits per heavy atom. The second-order valence-corrected chi connectivity index (χ2v) is 7.32. The van der Waals surface area contributed by atoms with Crippen LogP contribution in [0.25, 0.3) is 0 Å². The van der Waals surface area contributed by atoms with Crippen molar-refractivity contribution in [1.29, 1.82) is 0 Å². The molecule has 0 radical (unpaired) electrons. The number of nitrogens with one attached hydrogen (secondary N) is 2. The van der Waals surface area contributed by atoms with Crippen LogP contribution in [0.2, 0.25) is 0 Å². The van der Waals surface area contributed by atoms with Gasteiger partial charge in [-0.1, -0.05) is 0 Å². The SMILES string of the molecule is COc1ccc(OCC2CC2)c(C(=O)NCC2CCNCC2)c1.O=C(O)C(F)(F)F. The minimum absolute atomic E-state index is 0.0757. The van der Waals surface area contributed by atoms with Gasteiger partial charge >= 0.3 is 12.1 Å². The molecule has 3 rings (SSSR count). The van der Waals surface area contributed by atoms with Crippen molar-refractivity contribution in [3.05, 3.63) is 23.8 Å². The van der Waals surface area contributed by atoms with Gasteiger partial charge in [0.2, 0.25) is 0 Å². The van der Waals surface area contributed by atoms with E-state index in [1.165, 1.54) is 12.8 Å². The number of halogens is 3. The van der Waals surface area contributed by atoms with Gasteiger partial charge in [0, 0.05) is 6.54 Å². The minimum atomic E-state index is -5.08. The minimum Gasteiger partial charge on any atom is -0.497 e. The standard InChI is InChI=1S/C18H26N2O3.C2HF3O2/c1-22-15-4-5-17(23-12-14-2-3-14)16(10-15)18(21)20-11-13-6-8-19-9-7-13;3-2(4,5)1(6)7/h4-5,10,13-14,19H,2-3,6-9,11-12H2,1H3,(H,20,21);(H,6,7). The lowest BCUT2D eigenvalue weighted by molar-refractivity contribution is -0.192. The highest BCUT2D eigenvalue weighted by Crippen LogP contribution is 2.31. The first-order valence-electron chi connectivity index (χ1n) is 9.80. The summed E-state index contributed by atoms with van der Waals surface area (Å²) in [6, 6.07) is 5.44. The lowest BCUT2D eigenvalue weighted by Gasteiger charge is -2.23. The fourth-order valence-electron chi connectivity index (χ4n) is 2.85. The van der Waals surface area contributed by atoms with Crippen LogP contribution < -0.4 is 20.1 Å². The number of piperidine rings is 1. The lowest BCUT2D eigenvalue weighted by atomic mass is 9.98. The highest BCUT2D eigenvalue weighted by Gasteiger charge is 2.38. The van der Waals surface area contributed by atoms with E-state index in [0.29, 0.717) is 35.5 Å². The van der Waals surface area contributed by atoms with E-state index in [0.717, 1.165) is 32.5 Å². The molecule has 7 nitrogen and oxygen atoms in total. The predicted molar refractivity (Wildman–Crippen MR) is 103 cm³/mol. The van der Waals surface area contributed by atoms with Gasteiger partial charge in [-0.25, -0.2) is 4.79 Å². The van der Waals surface area contributed by atoms with Crippen LogP contribution in [0, 0.1) is 11.8 Å². The molecule has 1 aliphatic carbocycles. The predicted octanol–water partition coefficient (Wildman–Crippen LogP) is 2.85. The number of methoxy groups -OCH3 is 1. The van der Waals surface area contributed by atoms with E-state index >= 15 is 0 Å². The molecule has 1 saturated heterocycles. The van der Waals surface area contributed by atoms with Crippen LogP contribution >= 0.6 is 0 Å². The molecule has 0 unspecified atom stereocenters. The second-order valence-electron chi connectivity index (χ2n) is 7.32. The third-order valence-corrected chi connectivity index (χ3v) is 4.86. The number of amides is 1. The molecule has 1 aliphatic heterocycles. The summed E-state index contributed by atoms with van der Waals surface area (Å²) in [7, 11) is 1.61. The highest BCUT2D eigenvalue weighted by atomic mass is 19.4. The number of carboxylic acids is 1. The lowest BCUT2D eigenvalue weighted by Crippen LogP contribution is -2.36. The molecular weight excluding hydrogens is 405 g/mol. The summed E-state index contributed by atoms with van der Waals surface area (Å²) in [6.07, 6.45) is -0.395. The van der Waals surface area contributed by atoms with Gasteiger partial charge in [0.1, 0.15) is 11.5 Å². The van der Waals surface area contributed by atoms with Crippen molar-refractivity contribution in [3.63, 3.8) is 0 Å². The maximum Gasteiger partial charge on any atom is 0.490 e. The van der Waals surface area contributed by atoms with Crippen molar-refractivity contribution in [1.82, 2.24) is 10.6 Å². The first kappa shape index (κ1) is 23.8. The van der Waals surface area contributed by atoms with Gasteiger partial charge in [-0.15, -0.1) is 0 Å². The van der Waals surface area contributed by atoms with E-state index < -0.39 is 12.1 Å². The summed E-state index contributed by atoms with van der Waals surface area (Å²) in [5, 5.41) is 13.5. The summed E-state index contributed by atoms with van der Waals surface area (Å²) in [6.45, 7) is 3.49. The summed E-state index contributed by atoms with van der Waals surface area (Å²) < 4.78 is 42.8. The molecule has 1 amide bonds. The highest BCUT2D eigenvalue weighted by molar-refractivity contribution is 5.97. The van der Waals surface area contributed by atoms with Gasteiger partial charge in [-0.2, -0.15) is 13.2 Å². The summed E-state index contributed by atoms with van der Waals surface area (Å²) in [4.78, 5) is 21.5. The molecule has 1 heterocycles. The smallest absolute Gasteiger partial charge is 0.490 e. The fraction of sp³-hybridized carbons (Fsp3) is 0.600. The number of carboxylic acid groups (broad SMARTS) is 1. The summed E-state index contributed by atoms with van der Waals surface area (Å²) >= 11 is 0. The molecule has 1 aromatic rings. The van der Waals surface area contributed by atoms with Crippen LogP contribution in [0.5, 0.6) is 11.5 Å². The zero-order valence-corrected chi connectivity index (χ0v) is 16.8. The zero-order chi connectivity index (χ0) is 22.1. The van der Waals surface area contributed by atoms with Crippen LogP contribution in [0.4, 0.5) is 13.2 Å². The van der Waals surface area contributed by atoms with Gasteiger partial charge in [0.25, 0.3) is 5.91 Å². The zero-order valence-electron chi connectivity index (χ0n) is 16.8. The van der Waals surface area contributed by atoms with E-state index in [-0.39, 0.29) is 5.91 Å². The van der Waals surface area contributed by atoms with Gasteiger partial charge in [0.05, 0.1) is 19.3 Å². The molecule has 1 aromatic carbocycles. The molecule has 1 saturated carbocycles. The first-order valence-corrected chi connectivity index (χ1v) is 9.80. The number of carbonyl (C=O) groups is 2. The van der Waals surface area contributed by atoms with Gasteiger partial charge in [-0.3, -0.25) is 4.79 Å². The van der Waals surface area contributed by atoms with Crippen molar-refractivity contribution < 1.29 is 37.3 Å². The van der Waals surface area contributed by atoms with Crippen molar-refractivity contribution in [3.8, 4) is 11.5 Å². The Morgan fingerprint density at radius 1 is 1.17 bits per heavy atom. The summed E-state index contributed by atoms with van der Waals surface area (Å²) in [5.41, 5.74) is 0.568. The van der Waals surface area contributed by atoms with E-state index in [9.17, 15) is 18.0 Å². The van der Waals surface area contributed by atoms with Crippen LogP contribution in [-0.2, 0) is 4.79 Å². The Morgan fingerprint density at radius 2 is 1.80 bits per heavy atom. The van der Waals surface area contributed by atoms with E-state index in [4.69, 9.17) is 19.4 Å². The topological polar surface area (TPSA) is 96.9 Å². The van der Waals surface area contributed by atoms with Crippen molar-refractivity contribution in [2.24, 2.45) is 11.8 Å². The van der Waals surface area contributed by atoms with E-state index in [2.05, 4.69) is 10.6 Å². The molecule has 10 heteroatoms. The van der Waals surface area contributed by atoms with Crippen molar-refractivity contribution >= 4 is 11.9 Å². The van der Waals surface area contributed by atoms with Crippen LogP contribution in [0.1, 0.15) is 36.0 Å². The molecular formula is C20H27F3N2O5. The number of rotatable bonds is 7. The Bertz CT molecular complexity index is 717. The normalized spacial score (nSPS) is 16.8. The van der Waals surface area contributed by atoms with Crippen LogP contribution in [0.15, 0.2) is 18.2 Å². The van der Waals surface area contributed by atoms with E-state index in [1.807, 2.05) is 12.1 Å². The molecule has 30 heavy (non-hydrogen) atoms. The largest absolute Gasteiger partial charge is 0.497 e. The molecule has 2 aliphatic rings. The van der Waals surface area contributed by atoms with Crippen molar-refractivity contribution in [2.45, 2.75) is 31.9 Å². The van der Waals surface area contributed by atoms with Crippen LogP contribution in [0.3, 0.4) is 0 Å². The molecule has 2 fully saturated rings. The number of benzene rings is 1. The monoisotopic (exact) mass is 432 g/mol. The first-order chi connectivity index (χ1) is 14.2. The van der Waals surface area contributed by atoms with E-state index in [1.54, 1.807) is 13.2 Å². The van der Waals surface area contributed by atoms with Gasteiger partial charge in [-0.05, 0) is 68.8 Å². The third kappa shape index (κ3) is 8.10. The number of hydrogen-bond donors (Lipinski definition) is 3. The number of carbonyl (C=O) groups excluding carboxylic acids is 1. The Hall–Kier alpha value is -2.49. The number of ether oxygens (including phenoxy) is 2. The maximum absolute atomic E-state index is 12.6. The van der Waals surface area contributed by atoms with Crippen molar-refractivity contribution in [2.75, 3.05) is 33.4 Å². The van der Waals surface area contributed by atoms with Crippen LogP contribution in [-0.4, -0.2) is 56.5 Å². The molecule has 0 atom stereocenters. The average molecular weight is 432 g/mol. The molecule has 0 aromatic heterocycles. The molecule has 3 N–H and O–H groups in total. The Kier molecular flexibility index (Phi) is 8.76. The molecule has 168 valence electrons. The van der Waals surface area contributed by atoms with Gasteiger partial charge in [0.15, 0.2) is 0 Å². The number of hydrogen-bond acceptors (Lipinski definition) is 5. The quantitative estimate of drug-likeness (QED) is 0.613. The second kappa shape index (κ2) is 11.1. The number of alkyl halides is 3. The van der Waals surface area contributed by atoms with Gasteiger partial charge < -0.3 is 25.2 Å². The molecule has 0 bridgehead atoms. The Balaban J connectivity index is 0.000000396. The number of aliphatic carboxylic acids is 1. The average Bonchev–Trinajstić information content (AvgIpc) is 3.55. The molecule has 0 spiro atoms. The third-order valence-electron chi connectivity index (χ3n) is 4.86. The Labute approximate surface area is 172 Å². The summed E-state index contributed by atoms with van der Waals surface area (Å²) in [5.74, 6) is -0.290. The maximum atomic E-state index is 12.6. The fourth-order valence-corrected chi connectivity index (χ4v) is 2.85.